The minimum atomic E-state index is -0.558. The summed E-state index contributed by atoms with van der Waals surface area (Å²) in [6, 6.07) is 13.3. The van der Waals surface area contributed by atoms with Crippen molar-refractivity contribution in [2.75, 3.05) is 6.61 Å². The van der Waals surface area contributed by atoms with E-state index in [2.05, 4.69) is 5.32 Å². The van der Waals surface area contributed by atoms with Crippen molar-refractivity contribution < 1.29 is 18.7 Å². The number of hydrogen-bond acceptors (Lipinski definition) is 4. The highest BCUT2D eigenvalue weighted by Crippen LogP contribution is 2.19. The van der Waals surface area contributed by atoms with Gasteiger partial charge in [0.1, 0.15) is 23.2 Å². The summed E-state index contributed by atoms with van der Waals surface area (Å²) in [5, 5.41) is 2.83. The Bertz CT molecular complexity index is 658. The molecule has 1 aromatic heterocycles. The van der Waals surface area contributed by atoms with Crippen LogP contribution in [0.4, 0.5) is 4.79 Å². The maximum absolute atomic E-state index is 12.1. The van der Waals surface area contributed by atoms with Crippen molar-refractivity contribution in [3.05, 3.63) is 59.5 Å². The van der Waals surface area contributed by atoms with Crippen molar-refractivity contribution in [3.8, 4) is 0 Å². The van der Waals surface area contributed by atoms with Crippen LogP contribution in [0.5, 0.6) is 0 Å². The van der Waals surface area contributed by atoms with Gasteiger partial charge in [-0.15, -0.1) is 0 Å². The molecule has 1 atom stereocenters. The first-order chi connectivity index (χ1) is 11.9. The van der Waals surface area contributed by atoms with Crippen molar-refractivity contribution in [3.63, 3.8) is 0 Å². The summed E-state index contributed by atoms with van der Waals surface area (Å²) in [5.74, 6) is 1.53. The molecule has 0 radical (unpaired) electrons. The van der Waals surface area contributed by atoms with E-state index in [1.165, 1.54) is 0 Å². The average Bonchev–Trinajstić information content (AvgIpc) is 3.02. The topological polar surface area (TPSA) is 60.7 Å². The normalized spacial score (nSPS) is 12.6. The number of alkyl carbamates (subject to hydrolysis) is 1. The van der Waals surface area contributed by atoms with Gasteiger partial charge in [0.05, 0.1) is 13.2 Å². The first kappa shape index (κ1) is 19.1. The molecule has 5 nitrogen and oxygen atoms in total. The largest absolute Gasteiger partial charge is 0.464 e. The predicted octanol–water partition coefficient (Wildman–Crippen LogP) is 4.62. The molecule has 1 amide bonds. The zero-order chi connectivity index (χ0) is 18.3. The Morgan fingerprint density at radius 3 is 2.48 bits per heavy atom. The Morgan fingerprint density at radius 2 is 1.88 bits per heavy atom. The lowest BCUT2D eigenvalue weighted by molar-refractivity contribution is 0.0408. The summed E-state index contributed by atoms with van der Waals surface area (Å²) >= 11 is 0. The molecular formula is C20H27NO4. The van der Waals surface area contributed by atoms with Gasteiger partial charge in [0.25, 0.3) is 0 Å². The summed E-state index contributed by atoms with van der Waals surface area (Å²) in [6.07, 6.45) is 0.305. The summed E-state index contributed by atoms with van der Waals surface area (Å²) in [5.41, 5.74) is 0.518. The molecule has 136 valence electrons. The molecule has 0 aliphatic heterocycles. The van der Waals surface area contributed by atoms with Crippen LogP contribution < -0.4 is 5.32 Å². The molecule has 0 saturated heterocycles. The second kappa shape index (κ2) is 8.72. The van der Waals surface area contributed by atoms with Crippen molar-refractivity contribution in [2.45, 2.75) is 52.4 Å². The van der Waals surface area contributed by atoms with Gasteiger partial charge in [-0.25, -0.2) is 4.79 Å². The van der Waals surface area contributed by atoms with Gasteiger partial charge in [-0.2, -0.15) is 0 Å². The highest BCUT2D eigenvalue weighted by Gasteiger charge is 2.23. The van der Waals surface area contributed by atoms with Gasteiger partial charge >= 0.3 is 6.09 Å². The van der Waals surface area contributed by atoms with E-state index in [0.717, 1.165) is 17.7 Å². The molecule has 1 heterocycles. The standard InChI is InChI=1S/C20H27NO4/c1-5-16-11-12-18(24-16)17(21-19(22)25-20(2,3)4)14-23-13-15-9-7-6-8-10-15/h6-12,17H,5,13-14H2,1-4H3,(H,21,22)/t17-/m0/s1. The van der Waals surface area contributed by atoms with E-state index >= 15 is 0 Å². The second-order valence-corrected chi connectivity index (χ2v) is 6.86. The van der Waals surface area contributed by atoms with Crippen LogP contribution in [-0.4, -0.2) is 18.3 Å². The molecular weight excluding hydrogens is 318 g/mol. The Balaban J connectivity index is 1.99. The lowest BCUT2D eigenvalue weighted by atomic mass is 10.2. The molecule has 1 N–H and O–H groups in total. The van der Waals surface area contributed by atoms with Crippen molar-refractivity contribution in [2.24, 2.45) is 0 Å². The third-order valence-electron chi connectivity index (χ3n) is 3.46. The van der Waals surface area contributed by atoms with E-state index in [4.69, 9.17) is 13.9 Å². The zero-order valence-electron chi connectivity index (χ0n) is 15.4. The molecule has 0 unspecified atom stereocenters. The smallest absolute Gasteiger partial charge is 0.408 e. The van der Waals surface area contributed by atoms with Crippen LogP contribution in [0, 0.1) is 0 Å². The van der Waals surface area contributed by atoms with Gasteiger partial charge in [0, 0.05) is 6.42 Å². The van der Waals surface area contributed by atoms with Crippen LogP contribution >= 0.6 is 0 Å². The lowest BCUT2D eigenvalue weighted by Gasteiger charge is -2.23. The monoisotopic (exact) mass is 345 g/mol. The fourth-order valence-electron chi connectivity index (χ4n) is 2.29. The van der Waals surface area contributed by atoms with Gasteiger partial charge in [0.2, 0.25) is 0 Å². The zero-order valence-corrected chi connectivity index (χ0v) is 15.4. The van der Waals surface area contributed by atoms with Crippen LogP contribution in [0.2, 0.25) is 0 Å². The van der Waals surface area contributed by atoms with E-state index < -0.39 is 17.7 Å². The highest BCUT2D eigenvalue weighted by molar-refractivity contribution is 5.68. The molecule has 0 aliphatic rings. The first-order valence-electron chi connectivity index (χ1n) is 8.57. The number of aryl methyl sites for hydroxylation is 1. The third kappa shape index (κ3) is 6.63. The molecule has 1 aromatic carbocycles. The fourth-order valence-corrected chi connectivity index (χ4v) is 2.29. The second-order valence-electron chi connectivity index (χ2n) is 6.86. The number of hydrogen-bond donors (Lipinski definition) is 1. The molecule has 0 bridgehead atoms. The molecule has 0 aliphatic carbocycles. The number of furan rings is 1. The van der Waals surface area contributed by atoms with Gasteiger partial charge < -0.3 is 19.2 Å². The average molecular weight is 345 g/mol. The molecule has 0 saturated carbocycles. The number of amides is 1. The lowest BCUT2D eigenvalue weighted by Crippen LogP contribution is -2.36. The first-order valence-corrected chi connectivity index (χ1v) is 8.57. The summed E-state index contributed by atoms with van der Waals surface area (Å²) in [4.78, 5) is 12.1. The van der Waals surface area contributed by atoms with Gasteiger partial charge in [-0.1, -0.05) is 37.3 Å². The molecule has 0 fully saturated rings. The quantitative estimate of drug-likeness (QED) is 0.795. The van der Waals surface area contributed by atoms with E-state index in [0.29, 0.717) is 19.0 Å². The Kier molecular flexibility index (Phi) is 6.65. The number of rotatable bonds is 7. The fraction of sp³-hybridized carbons (Fsp3) is 0.450. The SMILES string of the molecule is CCc1ccc([C@H](COCc2ccccc2)NC(=O)OC(C)(C)C)o1. The van der Waals surface area contributed by atoms with Gasteiger partial charge in [-0.05, 0) is 38.5 Å². The summed E-state index contributed by atoms with van der Waals surface area (Å²) in [6.45, 7) is 8.27. The van der Waals surface area contributed by atoms with Crippen LogP contribution in [0.25, 0.3) is 0 Å². The maximum Gasteiger partial charge on any atom is 0.408 e. The van der Waals surface area contributed by atoms with Crippen LogP contribution in [-0.2, 0) is 22.5 Å². The van der Waals surface area contributed by atoms with E-state index in [1.807, 2.05) is 70.2 Å². The number of carbonyl (C=O) groups is 1. The molecule has 2 rings (SSSR count). The predicted molar refractivity (Wildman–Crippen MR) is 96.3 cm³/mol. The minimum Gasteiger partial charge on any atom is -0.464 e. The van der Waals surface area contributed by atoms with E-state index in [1.54, 1.807) is 0 Å². The number of carbonyl (C=O) groups excluding carboxylic acids is 1. The van der Waals surface area contributed by atoms with Crippen molar-refractivity contribution in [1.82, 2.24) is 5.32 Å². The van der Waals surface area contributed by atoms with Crippen molar-refractivity contribution in [1.29, 1.82) is 0 Å². The van der Waals surface area contributed by atoms with Gasteiger partial charge in [0.15, 0.2) is 0 Å². The Labute approximate surface area is 149 Å². The molecule has 2 aromatic rings. The summed E-state index contributed by atoms with van der Waals surface area (Å²) < 4.78 is 16.9. The van der Waals surface area contributed by atoms with E-state index in [9.17, 15) is 4.79 Å². The Hall–Kier alpha value is -2.27. The van der Waals surface area contributed by atoms with Gasteiger partial charge in [-0.3, -0.25) is 0 Å². The molecule has 5 heteroatoms. The summed E-state index contributed by atoms with van der Waals surface area (Å²) in [7, 11) is 0. The van der Waals surface area contributed by atoms with Crippen LogP contribution in [0.15, 0.2) is 46.9 Å². The highest BCUT2D eigenvalue weighted by atomic mass is 16.6. The minimum absolute atomic E-state index is 0.296. The number of benzene rings is 1. The third-order valence-corrected chi connectivity index (χ3v) is 3.46. The number of ether oxygens (including phenoxy) is 2. The Morgan fingerprint density at radius 1 is 1.16 bits per heavy atom. The van der Waals surface area contributed by atoms with E-state index in [-0.39, 0.29) is 0 Å². The molecule has 25 heavy (non-hydrogen) atoms. The van der Waals surface area contributed by atoms with Crippen LogP contribution in [0.3, 0.4) is 0 Å². The van der Waals surface area contributed by atoms with Crippen LogP contribution in [0.1, 0.15) is 50.8 Å². The molecule has 0 spiro atoms. The maximum atomic E-state index is 12.1. The van der Waals surface area contributed by atoms with Crippen molar-refractivity contribution >= 4 is 6.09 Å². The number of nitrogens with one attached hydrogen (secondary N) is 1.